The second kappa shape index (κ2) is 7.10. The lowest BCUT2D eigenvalue weighted by molar-refractivity contribution is 0.371. The van der Waals surface area contributed by atoms with Crippen LogP contribution in [0, 0.1) is 0 Å². The van der Waals surface area contributed by atoms with E-state index in [9.17, 15) is 0 Å². The van der Waals surface area contributed by atoms with Gasteiger partial charge in [0.1, 0.15) is 5.76 Å². The van der Waals surface area contributed by atoms with E-state index in [4.69, 9.17) is 16.3 Å². The van der Waals surface area contributed by atoms with E-state index in [0.717, 1.165) is 22.8 Å². The molecule has 0 unspecified atom stereocenters. The molecular formula is C22H18ClNOS. The van der Waals surface area contributed by atoms with Crippen LogP contribution in [0.2, 0.25) is 5.02 Å². The fourth-order valence-electron chi connectivity index (χ4n) is 3.07. The van der Waals surface area contributed by atoms with Gasteiger partial charge in [-0.1, -0.05) is 66.3 Å². The van der Waals surface area contributed by atoms with Crippen molar-refractivity contribution in [1.29, 1.82) is 0 Å². The number of hydrogen-bond acceptors (Lipinski definition) is 3. The molecule has 1 aliphatic rings. The summed E-state index contributed by atoms with van der Waals surface area (Å²) >= 11 is 8.07. The smallest absolute Gasteiger partial charge is 0.118 e. The minimum absolute atomic E-state index is 0.674. The van der Waals surface area contributed by atoms with Gasteiger partial charge in [-0.2, -0.15) is 0 Å². The topological polar surface area (TPSA) is 12.5 Å². The van der Waals surface area contributed by atoms with Crippen LogP contribution in [0.4, 0.5) is 11.4 Å². The van der Waals surface area contributed by atoms with Gasteiger partial charge in [-0.25, -0.2) is 0 Å². The highest BCUT2D eigenvalue weighted by Gasteiger charge is 2.23. The first-order valence-corrected chi connectivity index (χ1v) is 9.51. The summed E-state index contributed by atoms with van der Waals surface area (Å²) in [5, 5.41) is 0.750. The van der Waals surface area contributed by atoms with Crippen molar-refractivity contribution in [1.82, 2.24) is 0 Å². The van der Waals surface area contributed by atoms with Gasteiger partial charge in [0.25, 0.3) is 0 Å². The molecule has 0 atom stereocenters. The summed E-state index contributed by atoms with van der Waals surface area (Å²) in [4.78, 5) is 4.80. The summed E-state index contributed by atoms with van der Waals surface area (Å²) in [6.45, 7) is 4.68. The van der Waals surface area contributed by atoms with Crippen LogP contribution in [0.1, 0.15) is 11.1 Å². The Morgan fingerprint density at radius 2 is 1.73 bits per heavy atom. The molecule has 4 heteroatoms. The van der Waals surface area contributed by atoms with Gasteiger partial charge in [-0.3, -0.25) is 0 Å². The summed E-state index contributed by atoms with van der Waals surface area (Å²) in [5.74, 6) is 0.674. The van der Waals surface area contributed by atoms with E-state index in [1.165, 1.54) is 21.0 Å². The number of ether oxygens (including phenoxy) is 1. The minimum Gasteiger partial charge on any atom is -0.497 e. The molecule has 1 heterocycles. The number of rotatable bonds is 4. The maximum absolute atomic E-state index is 6.28. The van der Waals surface area contributed by atoms with Crippen molar-refractivity contribution in [2.24, 2.45) is 0 Å². The van der Waals surface area contributed by atoms with Crippen LogP contribution < -0.4 is 4.90 Å². The molecule has 0 fully saturated rings. The maximum Gasteiger partial charge on any atom is 0.118 e. The normalized spacial score (nSPS) is 12.3. The lowest BCUT2D eigenvalue weighted by Crippen LogP contribution is -2.20. The molecule has 0 aliphatic carbocycles. The lowest BCUT2D eigenvalue weighted by Gasteiger charge is -2.33. The third-order valence-electron chi connectivity index (χ3n) is 4.45. The van der Waals surface area contributed by atoms with Crippen LogP contribution in [-0.4, -0.2) is 7.11 Å². The highest BCUT2D eigenvalue weighted by atomic mass is 35.5. The van der Waals surface area contributed by atoms with Gasteiger partial charge in [0, 0.05) is 26.9 Å². The molecule has 0 bridgehead atoms. The second-order valence-electron chi connectivity index (χ2n) is 6.09. The predicted octanol–water partition coefficient (Wildman–Crippen LogP) is 6.76. The quantitative estimate of drug-likeness (QED) is 0.464. The molecule has 4 rings (SSSR count). The van der Waals surface area contributed by atoms with Crippen molar-refractivity contribution in [2.45, 2.75) is 16.3 Å². The fourth-order valence-corrected chi connectivity index (χ4v) is 4.31. The van der Waals surface area contributed by atoms with Gasteiger partial charge in [-0.15, -0.1) is 0 Å². The predicted molar refractivity (Wildman–Crippen MR) is 110 cm³/mol. The number of para-hydroxylation sites is 1. The number of halogens is 1. The average Bonchev–Trinajstić information content (AvgIpc) is 2.68. The Kier molecular flexibility index (Phi) is 4.66. The van der Waals surface area contributed by atoms with Crippen LogP contribution in [0.15, 0.2) is 83.1 Å². The average molecular weight is 380 g/mol. The second-order valence-corrected chi connectivity index (χ2v) is 7.61. The zero-order valence-electron chi connectivity index (χ0n) is 14.4. The molecular weight excluding hydrogens is 362 g/mol. The number of benzene rings is 3. The molecule has 0 saturated heterocycles. The Morgan fingerprint density at radius 3 is 2.50 bits per heavy atom. The molecule has 0 spiro atoms. The highest BCUT2D eigenvalue weighted by molar-refractivity contribution is 7.99. The monoisotopic (exact) mass is 379 g/mol. The number of anilines is 2. The number of nitrogens with zero attached hydrogens (tertiary/aromatic N) is 1. The van der Waals surface area contributed by atoms with Gasteiger partial charge < -0.3 is 9.64 Å². The molecule has 3 aromatic carbocycles. The molecule has 2 nitrogen and oxygen atoms in total. The molecule has 0 saturated carbocycles. The van der Waals surface area contributed by atoms with Gasteiger partial charge in [-0.05, 0) is 35.9 Å². The largest absolute Gasteiger partial charge is 0.497 e. The molecule has 130 valence electrons. The highest BCUT2D eigenvalue weighted by Crippen LogP contribution is 2.49. The van der Waals surface area contributed by atoms with Gasteiger partial charge in [0.05, 0.1) is 18.5 Å². The van der Waals surface area contributed by atoms with Crippen molar-refractivity contribution in [2.75, 3.05) is 12.0 Å². The first kappa shape index (κ1) is 17.1. The number of hydrogen-bond donors (Lipinski definition) is 0. The lowest BCUT2D eigenvalue weighted by atomic mass is 10.1. The van der Waals surface area contributed by atoms with Crippen LogP contribution in [-0.2, 0) is 11.3 Å². The van der Waals surface area contributed by atoms with Crippen molar-refractivity contribution in [3.8, 4) is 0 Å². The molecule has 1 aliphatic heterocycles. The third-order valence-corrected chi connectivity index (χ3v) is 5.82. The molecule has 3 aromatic rings. The number of fused-ring (bicyclic) bond motifs is 2. The molecule has 26 heavy (non-hydrogen) atoms. The van der Waals surface area contributed by atoms with Crippen molar-refractivity contribution in [3.05, 3.63) is 89.5 Å². The maximum atomic E-state index is 6.28. The summed E-state index contributed by atoms with van der Waals surface area (Å²) in [6.07, 6.45) is 0. The van der Waals surface area contributed by atoms with Crippen molar-refractivity contribution in [3.63, 3.8) is 0 Å². The van der Waals surface area contributed by atoms with Crippen LogP contribution >= 0.6 is 23.4 Å². The van der Waals surface area contributed by atoms with Crippen molar-refractivity contribution < 1.29 is 4.74 Å². The van der Waals surface area contributed by atoms with Crippen LogP contribution in [0.25, 0.3) is 5.76 Å². The van der Waals surface area contributed by atoms with Gasteiger partial charge >= 0.3 is 0 Å². The Morgan fingerprint density at radius 1 is 1.00 bits per heavy atom. The van der Waals surface area contributed by atoms with E-state index in [2.05, 4.69) is 53.9 Å². The fraction of sp³-hybridized carbons (Fsp3) is 0.0909. The summed E-state index contributed by atoms with van der Waals surface area (Å²) in [5.41, 5.74) is 4.56. The van der Waals surface area contributed by atoms with Crippen molar-refractivity contribution >= 4 is 40.5 Å². The van der Waals surface area contributed by atoms with E-state index in [0.29, 0.717) is 5.76 Å². The van der Waals surface area contributed by atoms with E-state index in [1.807, 2.05) is 24.3 Å². The molecule has 0 amide bonds. The Labute approximate surface area is 163 Å². The molecule has 0 radical (unpaired) electrons. The van der Waals surface area contributed by atoms with Crippen LogP contribution in [0.3, 0.4) is 0 Å². The van der Waals surface area contributed by atoms with E-state index >= 15 is 0 Å². The summed E-state index contributed by atoms with van der Waals surface area (Å²) < 4.78 is 5.21. The van der Waals surface area contributed by atoms with Gasteiger partial charge in [0.15, 0.2) is 0 Å². The summed E-state index contributed by atoms with van der Waals surface area (Å²) in [6, 6.07) is 22.9. The zero-order chi connectivity index (χ0) is 18.1. The number of methoxy groups -OCH3 is 1. The minimum atomic E-state index is 0.674. The first-order chi connectivity index (χ1) is 12.7. The van der Waals surface area contributed by atoms with Crippen LogP contribution in [0.5, 0.6) is 0 Å². The van der Waals surface area contributed by atoms with E-state index in [1.54, 1.807) is 18.9 Å². The van der Waals surface area contributed by atoms with E-state index < -0.39 is 0 Å². The molecule has 0 N–H and O–H groups in total. The van der Waals surface area contributed by atoms with E-state index in [-0.39, 0.29) is 0 Å². The Bertz CT molecular complexity index is 968. The SMILES string of the molecule is C=C(OC)c1ccc(CN2c3ccccc3Sc3ccc(Cl)cc32)cc1. The zero-order valence-corrected chi connectivity index (χ0v) is 16.0. The first-order valence-electron chi connectivity index (χ1n) is 8.32. The summed E-state index contributed by atoms with van der Waals surface area (Å²) in [7, 11) is 1.64. The Hall–Kier alpha value is -2.36. The standard InChI is InChI=1S/C22H18ClNOS/c1-15(25-2)17-9-7-16(8-10-17)14-24-19-5-3-4-6-21(19)26-22-12-11-18(23)13-20(22)24/h3-13H,1,14H2,2H3. The van der Waals surface area contributed by atoms with Gasteiger partial charge in [0.2, 0.25) is 0 Å². The molecule has 0 aromatic heterocycles. The Balaban J connectivity index is 1.72. The third kappa shape index (κ3) is 3.20.